The highest BCUT2D eigenvalue weighted by molar-refractivity contribution is 8.08. The van der Waals surface area contributed by atoms with Crippen LogP contribution in [-0.2, 0) is 0 Å². The maximum absolute atomic E-state index is 8.48. The molecule has 1 saturated heterocycles. The fourth-order valence-electron chi connectivity index (χ4n) is 1.00. The molecule has 1 rings (SSSR count). The van der Waals surface area contributed by atoms with Gasteiger partial charge in [-0.3, -0.25) is 0 Å². The van der Waals surface area contributed by atoms with E-state index in [0.717, 1.165) is 5.75 Å². The van der Waals surface area contributed by atoms with Gasteiger partial charge in [0.05, 0.1) is 5.25 Å². The van der Waals surface area contributed by atoms with E-state index in [-0.39, 0.29) is 5.25 Å². The minimum Gasteiger partial charge on any atom is -0.409 e. The number of nitrogens with zero attached hydrogens (tertiary/aromatic N) is 1. The second kappa shape index (κ2) is 4.28. The number of rotatable bonds is 1. The Balaban J connectivity index is 2.51. The molecule has 70 valence electrons. The van der Waals surface area contributed by atoms with E-state index in [2.05, 4.69) is 19.0 Å². The van der Waals surface area contributed by atoms with Gasteiger partial charge in [-0.2, -0.15) is 11.8 Å². The van der Waals surface area contributed by atoms with Crippen LogP contribution in [0.15, 0.2) is 5.16 Å². The van der Waals surface area contributed by atoms with Gasteiger partial charge in [-0.25, -0.2) is 0 Å². The zero-order valence-electron chi connectivity index (χ0n) is 7.23. The molecule has 0 spiro atoms. The van der Waals surface area contributed by atoms with Gasteiger partial charge in [-0.05, 0) is 0 Å². The minimum atomic E-state index is 0.186. The van der Waals surface area contributed by atoms with Gasteiger partial charge in [0.1, 0.15) is 0 Å². The Morgan fingerprint density at radius 3 is 2.67 bits per heavy atom. The van der Waals surface area contributed by atoms with E-state index in [1.54, 1.807) is 11.8 Å². The summed E-state index contributed by atoms with van der Waals surface area (Å²) in [6, 6.07) is 0. The van der Waals surface area contributed by atoms with Gasteiger partial charge in [-0.15, -0.1) is 11.8 Å². The van der Waals surface area contributed by atoms with Gasteiger partial charge in [0, 0.05) is 16.3 Å². The molecule has 0 aromatic carbocycles. The van der Waals surface area contributed by atoms with Crippen molar-refractivity contribution in [3.63, 3.8) is 0 Å². The Hall–Kier alpha value is -0.0300. The molecule has 0 saturated carbocycles. The van der Waals surface area contributed by atoms with Crippen molar-refractivity contribution in [2.24, 2.45) is 10.9 Å². The number of thioether (sulfide) groups is 2. The number of amidine groups is 1. The van der Waals surface area contributed by atoms with Crippen LogP contribution in [0, 0.1) is 0 Å². The van der Waals surface area contributed by atoms with Crippen molar-refractivity contribution in [1.29, 1.82) is 0 Å². The third kappa shape index (κ3) is 2.23. The zero-order chi connectivity index (χ0) is 9.14. The van der Waals surface area contributed by atoms with E-state index < -0.39 is 0 Å². The van der Waals surface area contributed by atoms with E-state index >= 15 is 0 Å². The molecule has 0 aliphatic carbocycles. The summed E-state index contributed by atoms with van der Waals surface area (Å²) in [5.74, 6) is 1.30. The average Bonchev–Trinajstić information content (AvgIpc) is 2.08. The second-order valence-corrected chi connectivity index (χ2v) is 5.89. The van der Waals surface area contributed by atoms with E-state index in [1.807, 2.05) is 11.8 Å². The van der Waals surface area contributed by atoms with Crippen molar-refractivity contribution in [3.05, 3.63) is 0 Å². The molecule has 3 atom stereocenters. The molecule has 0 aromatic rings. The van der Waals surface area contributed by atoms with Gasteiger partial charge < -0.3 is 10.9 Å². The summed E-state index contributed by atoms with van der Waals surface area (Å²) in [4.78, 5) is 0. The third-order valence-corrected chi connectivity index (χ3v) is 5.41. The van der Waals surface area contributed by atoms with Gasteiger partial charge in [0.25, 0.3) is 0 Å². The van der Waals surface area contributed by atoms with Crippen molar-refractivity contribution in [2.45, 2.75) is 29.6 Å². The van der Waals surface area contributed by atoms with E-state index in [4.69, 9.17) is 10.9 Å². The van der Waals surface area contributed by atoms with Gasteiger partial charge in [0.15, 0.2) is 5.84 Å². The SMILES string of the molecule is CC1SCC(/C(N)=N/O)SC1C. The normalized spacial score (nSPS) is 38.2. The van der Waals surface area contributed by atoms with Gasteiger partial charge in [0.2, 0.25) is 0 Å². The lowest BCUT2D eigenvalue weighted by molar-refractivity contribution is 0.317. The van der Waals surface area contributed by atoms with Crippen molar-refractivity contribution < 1.29 is 5.21 Å². The molecule has 0 amide bonds. The summed E-state index contributed by atoms with van der Waals surface area (Å²) < 4.78 is 0. The predicted molar refractivity (Wildman–Crippen MR) is 56.2 cm³/mol. The van der Waals surface area contributed by atoms with Crippen LogP contribution in [0.2, 0.25) is 0 Å². The summed E-state index contributed by atoms with van der Waals surface area (Å²) >= 11 is 3.68. The average molecular weight is 206 g/mol. The van der Waals surface area contributed by atoms with Crippen LogP contribution >= 0.6 is 23.5 Å². The fourth-order valence-corrected chi connectivity index (χ4v) is 3.83. The Labute approximate surface area is 81.2 Å². The smallest absolute Gasteiger partial charge is 0.153 e. The summed E-state index contributed by atoms with van der Waals surface area (Å²) in [5.41, 5.74) is 5.52. The zero-order valence-corrected chi connectivity index (χ0v) is 8.86. The van der Waals surface area contributed by atoms with Gasteiger partial charge >= 0.3 is 0 Å². The van der Waals surface area contributed by atoms with Gasteiger partial charge in [-0.1, -0.05) is 19.0 Å². The first-order chi connectivity index (χ1) is 5.65. The second-order valence-electron chi connectivity index (χ2n) is 2.89. The summed E-state index contributed by atoms with van der Waals surface area (Å²) in [6.07, 6.45) is 0. The first kappa shape index (κ1) is 10.1. The van der Waals surface area contributed by atoms with Crippen molar-refractivity contribution in [2.75, 3.05) is 5.75 Å². The molecule has 3 nitrogen and oxygen atoms in total. The molecule has 3 unspecified atom stereocenters. The molecule has 12 heavy (non-hydrogen) atoms. The maximum Gasteiger partial charge on any atom is 0.153 e. The topological polar surface area (TPSA) is 58.6 Å². The van der Waals surface area contributed by atoms with E-state index in [1.165, 1.54) is 0 Å². The van der Waals surface area contributed by atoms with Crippen molar-refractivity contribution in [3.8, 4) is 0 Å². The summed E-state index contributed by atoms with van der Waals surface area (Å²) in [7, 11) is 0. The molecular weight excluding hydrogens is 192 g/mol. The molecule has 1 fully saturated rings. The van der Waals surface area contributed by atoms with E-state index in [0.29, 0.717) is 16.3 Å². The highest BCUT2D eigenvalue weighted by atomic mass is 32.2. The number of hydrogen-bond acceptors (Lipinski definition) is 4. The largest absolute Gasteiger partial charge is 0.409 e. The van der Waals surface area contributed by atoms with Crippen LogP contribution in [0.3, 0.4) is 0 Å². The standard InChI is InChI=1S/C7H14N2OS2/c1-4-5(2)12-6(3-11-4)7(8)9-10/h4-6,10H,3H2,1-2H3,(H2,8,9). The molecule has 0 bridgehead atoms. The lowest BCUT2D eigenvalue weighted by atomic mass is 10.3. The van der Waals surface area contributed by atoms with Crippen LogP contribution in [0.25, 0.3) is 0 Å². The molecular formula is C7H14N2OS2. The molecule has 1 aliphatic rings. The fraction of sp³-hybridized carbons (Fsp3) is 0.857. The lowest BCUT2D eigenvalue weighted by Gasteiger charge is -2.30. The Kier molecular flexibility index (Phi) is 3.58. The summed E-state index contributed by atoms with van der Waals surface area (Å²) in [6.45, 7) is 4.39. The van der Waals surface area contributed by atoms with E-state index in [9.17, 15) is 0 Å². The predicted octanol–water partition coefficient (Wildman–Crippen LogP) is 1.36. The maximum atomic E-state index is 8.48. The molecule has 3 N–H and O–H groups in total. The number of nitrogens with two attached hydrogens (primary N) is 1. The molecule has 1 heterocycles. The summed E-state index contributed by atoms with van der Waals surface area (Å²) in [5, 5.41) is 12.9. The quantitative estimate of drug-likeness (QED) is 0.294. The Morgan fingerprint density at radius 1 is 1.50 bits per heavy atom. The number of oxime groups is 1. The monoisotopic (exact) mass is 206 g/mol. The highest BCUT2D eigenvalue weighted by Crippen LogP contribution is 2.35. The molecule has 1 aliphatic heterocycles. The van der Waals surface area contributed by atoms with Crippen LogP contribution in [-0.4, -0.2) is 32.5 Å². The van der Waals surface area contributed by atoms with Crippen LogP contribution < -0.4 is 5.73 Å². The third-order valence-electron chi connectivity index (χ3n) is 2.00. The lowest BCUT2D eigenvalue weighted by Crippen LogP contribution is -2.35. The van der Waals surface area contributed by atoms with Crippen molar-refractivity contribution in [1.82, 2.24) is 0 Å². The Morgan fingerprint density at radius 2 is 2.17 bits per heavy atom. The van der Waals surface area contributed by atoms with Crippen LogP contribution in [0.4, 0.5) is 0 Å². The van der Waals surface area contributed by atoms with Crippen LogP contribution in [0.1, 0.15) is 13.8 Å². The molecule has 0 aromatic heterocycles. The van der Waals surface area contributed by atoms with Crippen molar-refractivity contribution >= 4 is 29.4 Å². The number of hydrogen-bond donors (Lipinski definition) is 2. The Bertz CT molecular complexity index is 186. The highest BCUT2D eigenvalue weighted by Gasteiger charge is 2.27. The van der Waals surface area contributed by atoms with Crippen LogP contribution in [0.5, 0.6) is 0 Å². The first-order valence-electron chi connectivity index (χ1n) is 3.89. The molecule has 5 heteroatoms. The minimum absolute atomic E-state index is 0.186. The first-order valence-corrected chi connectivity index (χ1v) is 5.88. The molecule has 0 radical (unpaired) electrons.